The number of nitrogens with zero attached hydrogens (tertiary/aromatic N) is 3. The lowest BCUT2D eigenvalue weighted by Gasteiger charge is -2.63. The average molecular weight is 598 g/mol. The van der Waals surface area contributed by atoms with E-state index >= 15 is 0 Å². The molecule has 10 atom stereocenters. The Morgan fingerprint density at radius 2 is 1.47 bits per heavy atom. The summed E-state index contributed by atoms with van der Waals surface area (Å²) in [4.78, 5) is 25.0. The molecular formula is C36H59N3O4+2. The number of likely N-dealkylation sites (N-methyl/N-ethyl adjacent to an activating group) is 1. The summed E-state index contributed by atoms with van der Waals surface area (Å²) >= 11 is 0. The number of rotatable bonds is 5. The van der Waals surface area contributed by atoms with E-state index in [4.69, 9.17) is 9.47 Å². The fourth-order valence-corrected chi connectivity index (χ4v) is 12.5. The number of nitriles is 1. The van der Waals surface area contributed by atoms with E-state index in [1.807, 2.05) is 0 Å². The topological polar surface area (TPSA) is 76.4 Å². The van der Waals surface area contributed by atoms with Gasteiger partial charge in [-0.1, -0.05) is 13.8 Å². The monoisotopic (exact) mass is 597 g/mol. The number of carbonyl (C=O) groups excluding carboxylic acids is 2. The third-order valence-corrected chi connectivity index (χ3v) is 14.6. The molecule has 0 aromatic rings. The van der Waals surface area contributed by atoms with Crippen LogP contribution in [0.4, 0.5) is 0 Å². The van der Waals surface area contributed by atoms with Crippen LogP contribution in [-0.2, 0) is 19.1 Å². The highest BCUT2D eigenvalue weighted by Gasteiger charge is 2.68. The summed E-state index contributed by atoms with van der Waals surface area (Å²) in [6.45, 7) is 13.3. The molecule has 240 valence electrons. The third-order valence-electron chi connectivity index (χ3n) is 14.6. The molecule has 0 aromatic carbocycles. The lowest BCUT2D eigenvalue weighted by atomic mass is 9.44. The Kier molecular flexibility index (Phi) is 8.46. The molecular weight excluding hydrogens is 538 g/mol. The summed E-state index contributed by atoms with van der Waals surface area (Å²) in [7, 11) is 2.45. The van der Waals surface area contributed by atoms with Gasteiger partial charge < -0.3 is 18.4 Å². The van der Waals surface area contributed by atoms with Gasteiger partial charge in [0.25, 0.3) is 0 Å². The second-order valence-corrected chi connectivity index (χ2v) is 16.7. The standard InChI is InChI=1S/C36H59N3O4/c1-25(40)42-33-22-27-12-13-28-29(36(27,4)24-32(33)39(21-16-37)19-10-7-11-20-39)14-15-35(3)30(28)23-31(34(35)43-26(2)41)38(5)17-8-6-9-18-38/h27-34H,6-15,17-24H2,1-5H3/q+2/t27?,28?,29?,30?,31?,32?,33-,34?,35?,36?/m0/s1. The molecule has 4 saturated carbocycles. The van der Waals surface area contributed by atoms with Gasteiger partial charge in [-0.15, -0.1) is 0 Å². The first kappa shape index (κ1) is 31.3. The summed E-state index contributed by atoms with van der Waals surface area (Å²) in [5, 5.41) is 10.0. The fourth-order valence-electron chi connectivity index (χ4n) is 12.5. The Bertz CT molecular complexity index is 1110. The second-order valence-electron chi connectivity index (χ2n) is 16.7. The largest absolute Gasteiger partial charge is 0.456 e. The molecule has 6 rings (SSSR count). The van der Waals surface area contributed by atoms with E-state index in [-0.39, 0.29) is 41.0 Å². The Morgan fingerprint density at radius 3 is 2.09 bits per heavy atom. The molecule has 2 saturated heterocycles. The van der Waals surface area contributed by atoms with Gasteiger partial charge in [0, 0.05) is 32.1 Å². The van der Waals surface area contributed by atoms with Crippen LogP contribution in [0, 0.1) is 45.8 Å². The molecule has 0 bridgehead atoms. The number of esters is 2. The molecule has 0 aromatic heterocycles. The van der Waals surface area contributed by atoms with Crippen molar-refractivity contribution >= 4 is 11.9 Å². The maximum atomic E-state index is 12.6. The first-order valence-electron chi connectivity index (χ1n) is 17.9. The second kappa shape index (κ2) is 11.6. The molecule has 0 radical (unpaired) electrons. The molecule has 0 amide bonds. The van der Waals surface area contributed by atoms with Crippen molar-refractivity contribution in [2.24, 2.45) is 34.5 Å². The minimum absolute atomic E-state index is 0.00911. The van der Waals surface area contributed by atoms with Gasteiger partial charge in [-0.25, -0.2) is 0 Å². The Hall–Kier alpha value is -1.65. The molecule has 6 aliphatic rings. The van der Waals surface area contributed by atoms with E-state index in [1.165, 1.54) is 64.5 Å². The average Bonchev–Trinajstić information content (AvgIpc) is 3.26. The van der Waals surface area contributed by atoms with E-state index in [0.717, 1.165) is 54.2 Å². The summed E-state index contributed by atoms with van der Waals surface area (Å²) in [6.07, 6.45) is 15.3. The predicted octanol–water partition coefficient (Wildman–Crippen LogP) is 6.00. The van der Waals surface area contributed by atoms with Gasteiger partial charge in [0.2, 0.25) is 0 Å². The number of fused-ring (bicyclic) bond motifs is 5. The van der Waals surface area contributed by atoms with Crippen molar-refractivity contribution in [3.63, 3.8) is 0 Å². The zero-order valence-corrected chi connectivity index (χ0v) is 27.8. The van der Waals surface area contributed by atoms with E-state index < -0.39 is 0 Å². The van der Waals surface area contributed by atoms with Crippen molar-refractivity contribution < 1.29 is 28.0 Å². The molecule has 7 heteroatoms. The minimum atomic E-state index is -0.171. The van der Waals surface area contributed by atoms with E-state index in [2.05, 4.69) is 27.0 Å². The van der Waals surface area contributed by atoms with Crippen molar-refractivity contribution in [1.82, 2.24) is 0 Å². The van der Waals surface area contributed by atoms with Crippen LogP contribution in [0.25, 0.3) is 0 Å². The molecule has 7 nitrogen and oxygen atoms in total. The summed E-state index contributed by atoms with van der Waals surface area (Å²) in [6, 6.07) is 3.18. The molecule has 43 heavy (non-hydrogen) atoms. The van der Waals surface area contributed by atoms with Gasteiger partial charge >= 0.3 is 11.9 Å². The number of piperidine rings is 2. The van der Waals surface area contributed by atoms with Gasteiger partial charge in [-0.3, -0.25) is 9.59 Å². The number of quaternary nitrogens is 2. The highest BCUT2D eigenvalue weighted by Crippen LogP contribution is 2.68. The normalized spacial score (nSPS) is 45.0. The fraction of sp³-hybridized carbons (Fsp3) is 0.917. The number of hydrogen-bond acceptors (Lipinski definition) is 5. The van der Waals surface area contributed by atoms with Gasteiger partial charge in [0.05, 0.1) is 33.2 Å². The van der Waals surface area contributed by atoms with Crippen molar-refractivity contribution in [2.45, 2.75) is 135 Å². The van der Waals surface area contributed by atoms with Crippen LogP contribution >= 0.6 is 0 Å². The van der Waals surface area contributed by atoms with E-state index in [9.17, 15) is 14.9 Å². The Morgan fingerprint density at radius 1 is 0.814 bits per heavy atom. The maximum absolute atomic E-state index is 12.6. The molecule has 0 N–H and O–H groups in total. The van der Waals surface area contributed by atoms with Crippen molar-refractivity contribution in [3.8, 4) is 6.07 Å². The van der Waals surface area contributed by atoms with Crippen LogP contribution < -0.4 is 0 Å². The van der Waals surface area contributed by atoms with E-state index in [0.29, 0.717) is 36.3 Å². The van der Waals surface area contributed by atoms with Gasteiger partial charge in [0.1, 0.15) is 18.2 Å². The smallest absolute Gasteiger partial charge is 0.303 e. The molecule has 6 fully saturated rings. The van der Waals surface area contributed by atoms with Crippen LogP contribution in [0.2, 0.25) is 0 Å². The Labute approximate surface area is 260 Å². The molecule has 9 unspecified atom stereocenters. The van der Waals surface area contributed by atoms with Crippen LogP contribution in [-0.4, -0.2) is 85.0 Å². The predicted molar refractivity (Wildman–Crippen MR) is 165 cm³/mol. The SMILES string of the molecule is CC(=O)OC1C([N+]2(C)CCCCC2)CC2C3CCC4C[C@H](OC(C)=O)C([N+]5(CC#N)CCCCC5)CC4(C)C3CCC21C. The number of hydrogen-bond donors (Lipinski definition) is 0. The summed E-state index contributed by atoms with van der Waals surface area (Å²) in [5.41, 5.74) is 0.220. The number of likely N-dealkylation sites (tertiary alicyclic amines) is 2. The van der Waals surface area contributed by atoms with E-state index in [1.54, 1.807) is 13.8 Å². The minimum Gasteiger partial charge on any atom is -0.456 e. The highest BCUT2D eigenvalue weighted by molar-refractivity contribution is 5.66. The van der Waals surface area contributed by atoms with Crippen molar-refractivity contribution in [2.75, 3.05) is 39.8 Å². The van der Waals surface area contributed by atoms with Gasteiger partial charge in [-0.2, -0.15) is 5.26 Å². The Balaban J connectivity index is 1.32. The first-order valence-corrected chi connectivity index (χ1v) is 17.9. The molecule has 4 aliphatic carbocycles. The molecule has 2 aliphatic heterocycles. The van der Waals surface area contributed by atoms with Crippen LogP contribution in [0.15, 0.2) is 0 Å². The van der Waals surface area contributed by atoms with Gasteiger partial charge in [-0.05, 0) is 99.7 Å². The lowest BCUT2D eigenvalue weighted by Crippen LogP contribution is -2.68. The third kappa shape index (κ3) is 5.25. The van der Waals surface area contributed by atoms with Crippen LogP contribution in [0.3, 0.4) is 0 Å². The van der Waals surface area contributed by atoms with Crippen molar-refractivity contribution in [1.29, 1.82) is 5.26 Å². The maximum Gasteiger partial charge on any atom is 0.303 e. The van der Waals surface area contributed by atoms with Crippen molar-refractivity contribution in [3.05, 3.63) is 0 Å². The summed E-state index contributed by atoms with van der Waals surface area (Å²) < 4.78 is 14.4. The van der Waals surface area contributed by atoms with Crippen LogP contribution in [0.5, 0.6) is 0 Å². The molecule has 2 heterocycles. The highest BCUT2D eigenvalue weighted by atomic mass is 16.5. The summed E-state index contributed by atoms with van der Waals surface area (Å²) in [5.74, 6) is 2.14. The number of ether oxygens (including phenoxy) is 2. The quantitative estimate of drug-likeness (QED) is 0.221. The van der Waals surface area contributed by atoms with Gasteiger partial charge in [0.15, 0.2) is 18.8 Å². The zero-order chi connectivity index (χ0) is 30.6. The number of carbonyl (C=O) groups is 2. The van der Waals surface area contributed by atoms with Crippen LogP contribution in [0.1, 0.15) is 111 Å². The molecule has 0 spiro atoms. The lowest BCUT2D eigenvalue weighted by molar-refractivity contribution is -0.954. The first-order chi connectivity index (χ1) is 20.5. The zero-order valence-electron chi connectivity index (χ0n) is 27.8.